The molecule has 15 heavy (non-hydrogen) atoms. The van der Waals surface area contributed by atoms with Crippen LogP contribution < -0.4 is 0 Å². The van der Waals surface area contributed by atoms with Gasteiger partial charge in [-0.2, -0.15) is 5.10 Å². The van der Waals surface area contributed by atoms with E-state index >= 15 is 0 Å². The molecule has 0 saturated carbocycles. The highest BCUT2D eigenvalue weighted by atomic mass is 16.1. The average molecular weight is 206 g/mol. The van der Waals surface area contributed by atoms with Crippen molar-refractivity contribution in [2.24, 2.45) is 7.05 Å². The van der Waals surface area contributed by atoms with E-state index in [9.17, 15) is 4.79 Å². The quantitative estimate of drug-likeness (QED) is 0.711. The summed E-state index contributed by atoms with van der Waals surface area (Å²) in [6.07, 6.45) is 6.08. The summed E-state index contributed by atoms with van der Waals surface area (Å²) in [5.74, 6) is 0.219. The van der Waals surface area contributed by atoms with Gasteiger partial charge >= 0.3 is 0 Å². The number of Topliss-reactive ketones (excluding diaryl/α,β-unsaturated/α-hetero) is 1. The molecular weight excluding hydrogens is 188 g/mol. The van der Waals surface area contributed by atoms with Crippen LogP contribution in [0.25, 0.3) is 0 Å². The van der Waals surface area contributed by atoms with Crippen LogP contribution in [0.5, 0.6) is 0 Å². The summed E-state index contributed by atoms with van der Waals surface area (Å²) in [4.78, 5) is 11.9. The third-order valence-corrected chi connectivity index (χ3v) is 3.11. The van der Waals surface area contributed by atoms with Gasteiger partial charge in [0.25, 0.3) is 0 Å². The van der Waals surface area contributed by atoms with Crippen LogP contribution >= 0.6 is 0 Å². The predicted octanol–water partition coefficient (Wildman–Crippen LogP) is 2.28. The Balaban J connectivity index is 2.35. The molecule has 3 nitrogen and oxygen atoms in total. The second-order valence-electron chi connectivity index (χ2n) is 4.28. The highest BCUT2D eigenvalue weighted by Crippen LogP contribution is 2.24. The largest absolute Gasteiger partial charge is 0.292 e. The van der Waals surface area contributed by atoms with E-state index in [-0.39, 0.29) is 5.78 Å². The number of rotatable bonds is 3. The zero-order valence-corrected chi connectivity index (χ0v) is 9.55. The van der Waals surface area contributed by atoms with Gasteiger partial charge in [0.2, 0.25) is 0 Å². The van der Waals surface area contributed by atoms with E-state index in [1.54, 1.807) is 0 Å². The van der Waals surface area contributed by atoms with Gasteiger partial charge in [-0.15, -0.1) is 0 Å². The minimum absolute atomic E-state index is 0.219. The number of hydrogen-bond donors (Lipinski definition) is 0. The van der Waals surface area contributed by atoms with E-state index < -0.39 is 0 Å². The second kappa shape index (κ2) is 4.17. The summed E-state index contributed by atoms with van der Waals surface area (Å²) in [6, 6.07) is 0. The molecule has 2 rings (SSSR count). The molecule has 1 aromatic rings. The Labute approximate surface area is 90.5 Å². The first-order chi connectivity index (χ1) is 7.24. The monoisotopic (exact) mass is 206 g/mol. The number of carbonyl (C=O) groups is 1. The lowest BCUT2D eigenvalue weighted by molar-refractivity contribution is 0.0975. The number of aryl methyl sites for hydroxylation is 1. The molecule has 0 aliphatic heterocycles. The van der Waals surface area contributed by atoms with E-state index in [4.69, 9.17) is 0 Å². The molecule has 1 heterocycles. The Morgan fingerprint density at radius 1 is 1.40 bits per heavy atom. The summed E-state index contributed by atoms with van der Waals surface area (Å²) in [5.41, 5.74) is 3.25. The predicted molar refractivity (Wildman–Crippen MR) is 59.1 cm³/mol. The van der Waals surface area contributed by atoms with Crippen molar-refractivity contribution < 1.29 is 4.79 Å². The van der Waals surface area contributed by atoms with Crippen molar-refractivity contribution in [1.29, 1.82) is 0 Å². The lowest BCUT2D eigenvalue weighted by Gasteiger charge is -2.12. The first-order valence-corrected chi connectivity index (χ1v) is 5.82. The normalized spacial score (nSPS) is 15.1. The minimum atomic E-state index is 0.219. The van der Waals surface area contributed by atoms with Crippen LogP contribution in [0.4, 0.5) is 0 Å². The average Bonchev–Trinajstić information content (AvgIpc) is 2.58. The summed E-state index contributed by atoms with van der Waals surface area (Å²) in [5, 5.41) is 4.38. The Bertz CT molecular complexity index is 379. The first kappa shape index (κ1) is 10.4. The molecule has 0 radical (unpaired) electrons. The Kier molecular flexibility index (Phi) is 2.89. The van der Waals surface area contributed by atoms with Crippen molar-refractivity contribution in [1.82, 2.24) is 9.78 Å². The lowest BCUT2D eigenvalue weighted by Crippen LogP contribution is -2.07. The van der Waals surface area contributed by atoms with Crippen LogP contribution in [0.2, 0.25) is 0 Å². The van der Waals surface area contributed by atoms with Gasteiger partial charge in [-0.05, 0) is 32.1 Å². The third-order valence-electron chi connectivity index (χ3n) is 3.11. The fraction of sp³-hybridized carbons (Fsp3) is 0.667. The molecule has 0 unspecified atom stereocenters. The van der Waals surface area contributed by atoms with Crippen molar-refractivity contribution in [2.45, 2.75) is 45.4 Å². The maximum Gasteiger partial charge on any atom is 0.183 e. The van der Waals surface area contributed by atoms with Crippen LogP contribution in [-0.2, 0) is 19.9 Å². The van der Waals surface area contributed by atoms with Crippen molar-refractivity contribution in [2.75, 3.05) is 0 Å². The van der Waals surface area contributed by atoms with E-state index in [0.29, 0.717) is 6.42 Å². The fourth-order valence-electron chi connectivity index (χ4n) is 2.34. The summed E-state index contributed by atoms with van der Waals surface area (Å²) < 4.78 is 1.90. The van der Waals surface area contributed by atoms with Crippen molar-refractivity contribution in [3.63, 3.8) is 0 Å². The molecule has 0 spiro atoms. The zero-order valence-electron chi connectivity index (χ0n) is 9.55. The lowest BCUT2D eigenvalue weighted by atomic mass is 9.94. The van der Waals surface area contributed by atoms with E-state index in [2.05, 4.69) is 5.10 Å². The van der Waals surface area contributed by atoms with E-state index in [1.165, 1.54) is 24.1 Å². The van der Waals surface area contributed by atoms with E-state index in [0.717, 1.165) is 25.0 Å². The highest BCUT2D eigenvalue weighted by Gasteiger charge is 2.22. The van der Waals surface area contributed by atoms with Gasteiger partial charge in [0.05, 0.1) is 0 Å². The minimum Gasteiger partial charge on any atom is -0.292 e. The third kappa shape index (κ3) is 1.83. The molecule has 1 aromatic heterocycles. The molecule has 3 heteroatoms. The molecule has 0 aromatic carbocycles. The standard InChI is InChI=1S/C12H18N2O/c1-3-6-11(15)12-9-7-4-5-8-10(9)14(2)13-12/h3-8H2,1-2H3. The van der Waals surface area contributed by atoms with Gasteiger partial charge in [-0.3, -0.25) is 9.48 Å². The molecule has 1 aliphatic rings. The van der Waals surface area contributed by atoms with Gasteiger partial charge in [0.15, 0.2) is 5.78 Å². The summed E-state index contributed by atoms with van der Waals surface area (Å²) in [6.45, 7) is 2.04. The maximum absolute atomic E-state index is 11.9. The van der Waals surface area contributed by atoms with Crippen LogP contribution in [0, 0.1) is 0 Å². The Morgan fingerprint density at radius 2 is 2.13 bits per heavy atom. The molecule has 0 fully saturated rings. The van der Waals surface area contributed by atoms with Crippen LogP contribution in [0.15, 0.2) is 0 Å². The molecular formula is C12H18N2O. The van der Waals surface area contributed by atoms with Gasteiger partial charge < -0.3 is 0 Å². The van der Waals surface area contributed by atoms with Crippen LogP contribution in [0.1, 0.15) is 54.4 Å². The zero-order chi connectivity index (χ0) is 10.8. The van der Waals surface area contributed by atoms with Crippen molar-refractivity contribution in [3.8, 4) is 0 Å². The number of aromatic nitrogens is 2. The Hall–Kier alpha value is -1.12. The Morgan fingerprint density at radius 3 is 2.87 bits per heavy atom. The van der Waals surface area contributed by atoms with Crippen LogP contribution in [-0.4, -0.2) is 15.6 Å². The maximum atomic E-state index is 11.9. The van der Waals surface area contributed by atoms with Gasteiger partial charge in [-0.25, -0.2) is 0 Å². The number of nitrogens with zero attached hydrogens (tertiary/aromatic N) is 2. The molecule has 0 amide bonds. The first-order valence-electron chi connectivity index (χ1n) is 5.82. The number of fused-ring (bicyclic) bond motifs is 1. The second-order valence-corrected chi connectivity index (χ2v) is 4.28. The van der Waals surface area contributed by atoms with Gasteiger partial charge in [-0.1, -0.05) is 6.92 Å². The smallest absolute Gasteiger partial charge is 0.183 e. The topological polar surface area (TPSA) is 34.9 Å². The number of carbonyl (C=O) groups excluding carboxylic acids is 1. The van der Waals surface area contributed by atoms with Gasteiger partial charge in [0.1, 0.15) is 5.69 Å². The van der Waals surface area contributed by atoms with Crippen LogP contribution in [0.3, 0.4) is 0 Å². The number of hydrogen-bond acceptors (Lipinski definition) is 2. The SMILES string of the molecule is CCCC(=O)c1nn(C)c2c1CCCC2. The van der Waals surface area contributed by atoms with Gasteiger partial charge in [0, 0.05) is 24.7 Å². The molecule has 0 atom stereocenters. The number of ketones is 1. The molecule has 0 saturated heterocycles. The van der Waals surface area contributed by atoms with Crippen molar-refractivity contribution >= 4 is 5.78 Å². The molecule has 82 valence electrons. The van der Waals surface area contributed by atoms with E-state index in [1.807, 2.05) is 18.7 Å². The fourth-order valence-corrected chi connectivity index (χ4v) is 2.34. The highest BCUT2D eigenvalue weighted by molar-refractivity contribution is 5.95. The summed E-state index contributed by atoms with van der Waals surface area (Å²) in [7, 11) is 1.95. The molecule has 1 aliphatic carbocycles. The molecule has 0 bridgehead atoms. The molecule has 0 N–H and O–H groups in total. The summed E-state index contributed by atoms with van der Waals surface area (Å²) >= 11 is 0. The van der Waals surface area contributed by atoms with Crippen molar-refractivity contribution in [3.05, 3.63) is 17.0 Å².